The molecule has 0 saturated heterocycles. The number of aromatic nitrogens is 1. The van der Waals surface area contributed by atoms with Crippen LogP contribution in [0.25, 0.3) is 0 Å². The molecule has 11 heavy (non-hydrogen) atoms. The molecule has 3 nitrogen and oxygen atoms in total. The number of rotatable bonds is 3. The summed E-state index contributed by atoms with van der Waals surface area (Å²) in [5.41, 5.74) is 0.888. The Bertz CT molecular complexity index is 257. The van der Waals surface area contributed by atoms with E-state index in [0.717, 1.165) is 16.9 Å². The number of aldehydes is 1. The minimum absolute atomic E-state index is 0.437. The third-order valence-electron chi connectivity index (χ3n) is 1.32. The Morgan fingerprint density at radius 3 is 2.91 bits per heavy atom. The van der Waals surface area contributed by atoms with Crippen LogP contribution in [0.5, 0.6) is 5.19 Å². The fraction of sp³-hybridized carbons (Fsp3) is 0.429. The quantitative estimate of drug-likeness (QED) is 0.641. The number of hydrogen-bond acceptors (Lipinski definition) is 4. The summed E-state index contributed by atoms with van der Waals surface area (Å²) in [6.45, 7) is 1.87. The summed E-state index contributed by atoms with van der Waals surface area (Å²) in [7, 11) is 1.57. The molecule has 1 rings (SSSR count). The highest BCUT2D eigenvalue weighted by Crippen LogP contribution is 2.23. The van der Waals surface area contributed by atoms with Gasteiger partial charge in [0.2, 0.25) is 0 Å². The molecule has 60 valence electrons. The average molecular weight is 171 g/mol. The zero-order valence-electron chi connectivity index (χ0n) is 6.46. The Balaban J connectivity index is 2.87. The number of ether oxygens (including phenoxy) is 1. The van der Waals surface area contributed by atoms with E-state index >= 15 is 0 Å². The van der Waals surface area contributed by atoms with E-state index in [-0.39, 0.29) is 0 Å². The van der Waals surface area contributed by atoms with E-state index in [1.165, 1.54) is 11.3 Å². The number of nitrogens with zero attached hydrogens (tertiary/aromatic N) is 1. The Labute approximate surface area is 69.0 Å². The van der Waals surface area contributed by atoms with Gasteiger partial charge in [-0.3, -0.25) is 0 Å². The van der Waals surface area contributed by atoms with Crippen molar-refractivity contribution in [2.45, 2.75) is 13.3 Å². The van der Waals surface area contributed by atoms with E-state index < -0.39 is 0 Å². The summed E-state index contributed by atoms with van der Waals surface area (Å²) in [6, 6.07) is 0. The fourth-order valence-corrected chi connectivity index (χ4v) is 1.58. The van der Waals surface area contributed by atoms with Gasteiger partial charge in [0.1, 0.15) is 6.29 Å². The van der Waals surface area contributed by atoms with E-state index in [1.807, 2.05) is 6.92 Å². The second-order valence-electron chi connectivity index (χ2n) is 2.06. The van der Waals surface area contributed by atoms with Crippen LogP contribution < -0.4 is 4.74 Å². The lowest BCUT2D eigenvalue weighted by molar-refractivity contribution is -0.107. The van der Waals surface area contributed by atoms with Crippen molar-refractivity contribution in [1.29, 1.82) is 0 Å². The third-order valence-corrected chi connectivity index (χ3v) is 2.46. The number of methoxy groups -OCH3 is 1. The van der Waals surface area contributed by atoms with Gasteiger partial charge in [0.05, 0.1) is 12.8 Å². The number of thiazole rings is 1. The van der Waals surface area contributed by atoms with Gasteiger partial charge in [-0.2, -0.15) is 0 Å². The van der Waals surface area contributed by atoms with Crippen LogP contribution in [0.15, 0.2) is 0 Å². The summed E-state index contributed by atoms with van der Waals surface area (Å²) in [5.74, 6) is 0. The van der Waals surface area contributed by atoms with Crippen molar-refractivity contribution in [3.8, 4) is 5.19 Å². The van der Waals surface area contributed by atoms with Crippen molar-refractivity contribution < 1.29 is 9.53 Å². The SMILES string of the molecule is COc1nc(C)c(CC=O)s1. The molecule has 0 saturated carbocycles. The van der Waals surface area contributed by atoms with E-state index in [4.69, 9.17) is 4.74 Å². The predicted octanol–water partition coefficient (Wildman–Crippen LogP) is 1.20. The lowest BCUT2D eigenvalue weighted by atomic mass is 10.3. The molecular formula is C7H9NO2S. The number of carbonyl (C=O) groups excluding carboxylic acids is 1. The number of carbonyl (C=O) groups is 1. The van der Waals surface area contributed by atoms with Gasteiger partial charge in [0.25, 0.3) is 5.19 Å². The summed E-state index contributed by atoms with van der Waals surface area (Å²) >= 11 is 1.42. The van der Waals surface area contributed by atoms with Crippen LogP contribution >= 0.6 is 11.3 Å². The molecule has 0 bridgehead atoms. The second-order valence-corrected chi connectivity index (χ2v) is 3.11. The predicted molar refractivity (Wildman–Crippen MR) is 43.2 cm³/mol. The first-order valence-electron chi connectivity index (χ1n) is 3.22. The van der Waals surface area contributed by atoms with Gasteiger partial charge in [0.15, 0.2) is 0 Å². The minimum atomic E-state index is 0.437. The number of hydrogen-bond donors (Lipinski definition) is 0. The van der Waals surface area contributed by atoms with Crippen LogP contribution in [0.3, 0.4) is 0 Å². The maximum Gasteiger partial charge on any atom is 0.273 e. The summed E-state index contributed by atoms with van der Waals surface area (Å²) in [6.07, 6.45) is 1.31. The van der Waals surface area contributed by atoms with Gasteiger partial charge < -0.3 is 9.53 Å². The van der Waals surface area contributed by atoms with Crippen molar-refractivity contribution in [2.24, 2.45) is 0 Å². The Morgan fingerprint density at radius 1 is 1.73 bits per heavy atom. The molecule has 0 spiro atoms. The molecule has 0 amide bonds. The largest absolute Gasteiger partial charge is 0.473 e. The Hall–Kier alpha value is -0.900. The van der Waals surface area contributed by atoms with Gasteiger partial charge >= 0.3 is 0 Å². The van der Waals surface area contributed by atoms with Crippen molar-refractivity contribution in [3.63, 3.8) is 0 Å². The topological polar surface area (TPSA) is 39.2 Å². The van der Waals surface area contributed by atoms with Crippen molar-refractivity contribution >= 4 is 17.6 Å². The van der Waals surface area contributed by atoms with Gasteiger partial charge in [-0.1, -0.05) is 11.3 Å². The molecular weight excluding hydrogens is 162 g/mol. The molecule has 1 aromatic rings. The maximum atomic E-state index is 10.2. The molecule has 0 atom stereocenters. The third kappa shape index (κ3) is 1.77. The van der Waals surface area contributed by atoms with Crippen molar-refractivity contribution in [2.75, 3.05) is 7.11 Å². The smallest absolute Gasteiger partial charge is 0.273 e. The first-order valence-corrected chi connectivity index (χ1v) is 4.03. The van der Waals surface area contributed by atoms with E-state index in [1.54, 1.807) is 7.11 Å². The first kappa shape index (κ1) is 8.20. The Kier molecular flexibility index (Phi) is 2.59. The van der Waals surface area contributed by atoms with E-state index in [2.05, 4.69) is 4.98 Å². The highest BCUT2D eigenvalue weighted by atomic mass is 32.1. The molecule has 1 heterocycles. The zero-order chi connectivity index (χ0) is 8.27. The molecule has 4 heteroatoms. The minimum Gasteiger partial charge on any atom is -0.473 e. The monoisotopic (exact) mass is 171 g/mol. The van der Waals surface area contributed by atoms with Crippen LogP contribution in [0, 0.1) is 6.92 Å². The molecule has 1 aromatic heterocycles. The molecule has 0 aliphatic heterocycles. The van der Waals surface area contributed by atoms with Crippen molar-refractivity contribution in [1.82, 2.24) is 4.98 Å². The van der Waals surface area contributed by atoms with Gasteiger partial charge in [-0.05, 0) is 6.92 Å². The molecule has 0 aliphatic rings. The highest BCUT2D eigenvalue weighted by molar-refractivity contribution is 7.13. The summed E-state index contributed by atoms with van der Waals surface area (Å²) < 4.78 is 4.91. The van der Waals surface area contributed by atoms with Gasteiger partial charge in [0, 0.05) is 11.3 Å². The van der Waals surface area contributed by atoms with E-state index in [9.17, 15) is 4.79 Å². The molecule has 0 aromatic carbocycles. The highest BCUT2D eigenvalue weighted by Gasteiger charge is 2.05. The number of aryl methyl sites for hydroxylation is 1. The molecule has 0 N–H and O–H groups in total. The average Bonchev–Trinajstić information content (AvgIpc) is 2.33. The summed E-state index contributed by atoms with van der Waals surface area (Å²) in [5, 5.41) is 0.624. The standard InChI is InChI=1S/C7H9NO2S/c1-5-6(3-4-9)11-7(8-5)10-2/h4H,3H2,1-2H3. The van der Waals surface area contributed by atoms with Crippen LogP contribution in [-0.4, -0.2) is 18.4 Å². The van der Waals surface area contributed by atoms with E-state index in [0.29, 0.717) is 11.6 Å². The van der Waals surface area contributed by atoms with Crippen LogP contribution in [-0.2, 0) is 11.2 Å². The molecule has 0 aliphatic carbocycles. The van der Waals surface area contributed by atoms with Crippen LogP contribution in [0.4, 0.5) is 0 Å². The fourth-order valence-electron chi connectivity index (χ4n) is 0.754. The van der Waals surface area contributed by atoms with Gasteiger partial charge in [-0.15, -0.1) is 0 Å². The molecule has 0 radical (unpaired) electrons. The summed E-state index contributed by atoms with van der Waals surface area (Å²) in [4.78, 5) is 15.2. The van der Waals surface area contributed by atoms with Gasteiger partial charge in [-0.25, -0.2) is 4.98 Å². The van der Waals surface area contributed by atoms with Crippen molar-refractivity contribution in [3.05, 3.63) is 10.6 Å². The molecule has 0 fully saturated rings. The Morgan fingerprint density at radius 2 is 2.45 bits per heavy atom. The lowest BCUT2D eigenvalue weighted by Gasteiger charge is -1.85. The molecule has 0 unspecified atom stereocenters. The van der Waals surface area contributed by atoms with Crippen LogP contribution in [0.1, 0.15) is 10.6 Å². The first-order chi connectivity index (χ1) is 5.27. The lowest BCUT2D eigenvalue weighted by Crippen LogP contribution is -1.83. The maximum absolute atomic E-state index is 10.2. The zero-order valence-corrected chi connectivity index (χ0v) is 7.27. The second kappa shape index (κ2) is 3.48. The van der Waals surface area contributed by atoms with Crippen LogP contribution in [0.2, 0.25) is 0 Å². The normalized spacial score (nSPS) is 9.64.